The smallest absolute Gasteiger partial charge is 0.301 e. The van der Waals surface area contributed by atoms with Crippen LogP contribution in [0.1, 0.15) is 34.7 Å². The second-order valence-electron chi connectivity index (χ2n) is 7.88. The molecule has 35 heavy (non-hydrogen) atoms. The third-order valence-electron chi connectivity index (χ3n) is 5.83. The van der Waals surface area contributed by atoms with Crippen molar-refractivity contribution in [1.82, 2.24) is 4.98 Å². The summed E-state index contributed by atoms with van der Waals surface area (Å²) in [7, 11) is 3.03. The van der Waals surface area contributed by atoms with Gasteiger partial charge in [0, 0.05) is 10.4 Å². The van der Waals surface area contributed by atoms with Gasteiger partial charge in [-0.1, -0.05) is 6.07 Å². The van der Waals surface area contributed by atoms with E-state index in [0.29, 0.717) is 40.1 Å². The Labute approximate surface area is 207 Å². The summed E-state index contributed by atoms with van der Waals surface area (Å²) in [6.45, 7) is 6.12. The molecule has 0 unspecified atom stereocenters. The van der Waals surface area contributed by atoms with Crippen molar-refractivity contribution in [2.75, 3.05) is 25.7 Å². The van der Waals surface area contributed by atoms with Crippen molar-refractivity contribution in [3.63, 3.8) is 0 Å². The van der Waals surface area contributed by atoms with Crippen LogP contribution in [0.2, 0.25) is 0 Å². The normalized spacial score (nSPS) is 17.1. The number of Topliss-reactive ketones (excluding diaryl/α,β-unsaturated/α-hetero) is 1. The predicted octanol–water partition coefficient (Wildman–Crippen LogP) is 4.80. The Morgan fingerprint density at radius 3 is 2.31 bits per heavy atom. The average molecular weight is 495 g/mol. The Bertz CT molecular complexity index is 1290. The Balaban J connectivity index is 1.92. The third kappa shape index (κ3) is 4.35. The van der Waals surface area contributed by atoms with Crippen LogP contribution in [-0.4, -0.2) is 42.6 Å². The van der Waals surface area contributed by atoms with Crippen molar-refractivity contribution < 1.29 is 28.9 Å². The zero-order valence-electron chi connectivity index (χ0n) is 20.1. The number of aliphatic hydroxyl groups is 1. The van der Waals surface area contributed by atoms with E-state index in [4.69, 9.17) is 14.2 Å². The van der Waals surface area contributed by atoms with Gasteiger partial charge in [0.25, 0.3) is 5.78 Å². The van der Waals surface area contributed by atoms with E-state index in [1.807, 2.05) is 20.8 Å². The van der Waals surface area contributed by atoms with Gasteiger partial charge in [-0.2, -0.15) is 0 Å². The summed E-state index contributed by atoms with van der Waals surface area (Å²) < 4.78 is 16.3. The first kappa shape index (κ1) is 24.3. The maximum atomic E-state index is 13.3. The molecule has 1 N–H and O–H groups in total. The molecule has 0 radical (unpaired) electrons. The SMILES string of the molecule is CCOc1ccc(/C(O)=C2\C(=O)C(=O)N(c3nc(C)c(C)s3)[C@H]2c2ccc(OC)c(OC)c2)cc1. The number of hydrogen-bond acceptors (Lipinski definition) is 8. The minimum Gasteiger partial charge on any atom is -0.507 e. The van der Waals surface area contributed by atoms with Crippen molar-refractivity contribution in [1.29, 1.82) is 0 Å². The Morgan fingerprint density at radius 1 is 1.06 bits per heavy atom. The number of anilines is 1. The van der Waals surface area contributed by atoms with Gasteiger partial charge >= 0.3 is 5.91 Å². The number of rotatable bonds is 7. The summed E-state index contributed by atoms with van der Waals surface area (Å²) in [5.41, 5.74) is 1.70. The lowest BCUT2D eigenvalue weighted by atomic mass is 9.95. The summed E-state index contributed by atoms with van der Waals surface area (Å²) in [4.78, 5) is 33.4. The molecule has 1 aliphatic rings. The third-order valence-corrected chi connectivity index (χ3v) is 6.90. The molecule has 0 spiro atoms. The molecule has 0 aliphatic carbocycles. The molecule has 1 saturated heterocycles. The van der Waals surface area contributed by atoms with Crippen molar-refractivity contribution in [3.05, 3.63) is 69.7 Å². The molecule has 182 valence electrons. The lowest BCUT2D eigenvalue weighted by molar-refractivity contribution is -0.132. The zero-order chi connectivity index (χ0) is 25.3. The number of ether oxygens (including phenoxy) is 3. The molecule has 3 aromatic rings. The summed E-state index contributed by atoms with van der Waals surface area (Å²) >= 11 is 1.32. The Hall–Kier alpha value is -3.85. The highest BCUT2D eigenvalue weighted by molar-refractivity contribution is 7.16. The van der Waals surface area contributed by atoms with Gasteiger partial charge in [-0.15, -0.1) is 11.3 Å². The van der Waals surface area contributed by atoms with Gasteiger partial charge in [0.1, 0.15) is 11.5 Å². The van der Waals surface area contributed by atoms with Crippen LogP contribution in [-0.2, 0) is 9.59 Å². The maximum absolute atomic E-state index is 13.3. The Kier molecular flexibility index (Phi) is 6.79. The van der Waals surface area contributed by atoms with Gasteiger partial charge in [0.2, 0.25) is 0 Å². The lowest BCUT2D eigenvalue weighted by Gasteiger charge is -2.23. The van der Waals surface area contributed by atoms with E-state index in [1.54, 1.807) is 42.5 Å². The number of methoxy groups -OCH3 is 2. The van der Waals surface area contributed by atoms with Crippen LogP contribution < -0.4 is 19.1 Å². The van der Waals surface area contributed by atoms with Crippen molar-refractivity contribution in [2.24, 2.45) is 0 Å². The molecule has 1 aromatic heterocycles. The molecule has 2 aromatic carbocycles. The molecule has 2 heterocycles. The van der Waals surface area contributed by atoms with E-state index in [-0.39, 0.29) is 11.3 Å². The lowest BCUT2D eigenvalue weighted by Crippen LogP contribution is -2.29. The number of aliphatic hydroxyl groups excluding tert-OH is 1. The molecule has 1 amide bonds. The molecular weight excluding hydrogens is 468 g/mol. The molecule has 1 atom stereocenters. The topological polar surface area (TPSA) is 98.2 Å². The predicted molar refractivity (Wildman–Crippen MR) is 134 cm³/mol. The highest BCUT2D eigenvalue weighted by atomic mass is 32.1. The van der Waals surface area contributed by atoms with Gasteiger partial charge in [0.05, 0.1) is 38.1 Å². The minimum atomic E-state index is -0.911. The number of carbonyl (C=O) groups excluding carboxylic acids is 2. The number of amides is 1. The first-order chi connectivity index (χ1) is 16.8. The number of benzene rings is 2. The van der Waals surface area contributed by atoms with Crippen LogP contribution in [0, 0.1) is 13.8 Å². The monoisotopic (exact) mass is 494 g/mol. The van der Waals surface area contributed by atoms with Crippen LogP contribution in [0.4, 0.5) is 5.13 Å². The standard InChI is InChI=1S/C26H26N2O6S/c1-6-34-18-10-7-16(8-11-18)23(29)21-22(17-9-12-19(32-4)20(13-17)33-5)28(25(31)24(21)30)26-27-14(2)15(3)35-26/h7-13,22,29H,6H2,1-5H3/b23-21+/t22-/m0/s1. The van der Waals surface area contributed by atoms with Crippen LogP contribution in [0.3, 0.4) is 0 Å². The van der Waals surface area contributed by atoms with Gasteiger partial charge in [-0.25, -0.2) is 4.98 Å². The van der Waals surface area contributed by atoms with Gasteiger partial charge in [-0.05, 0) is 62.7 Å². The number of aromatic nitrogens is 1. The van der Waals surface area contributed by atoms with Crippen molar-refractivity contribution in [3.8, 4) is 17.2 Å². The van der Waals surface area contributed by atoms with E-state index >= 15 is 0 Å². The fourth-order valence-corrected chi connectivity index (χ4v) is 4.89. The summed E-state index contributed by atoms with van der Waals surface area (Å²) in [6, 6.07) is 10.9. The number of hydrogen-bond donors (Lipinski definition) is 1. The second-order valence-corrected chi connectivity index (χ2v) is 9.06. The van der Waals surface area contributed by atoms with Crippen LogP contribution in [0.15, 0.2) is 48.0 Å². The largest absolute Gasteiger partial charge is 0.507 e. The molecule has 0 bridgehead atoms. The van der Waals surface area contributed by atoms with E-state index in [9.17, 15) is 14.7 Å². The summed E-state index contributed by atoms with van der Waals surface area (Å²) in [5, 5.41) is 11.7. The van der Waals surface area contributed by atoms with E-state index in [0.717, 1.165) is 10.6 Å². The molecule has 1 aliphatic heterocycles. The maximum Gasteiger partial charge on any atom is 0.301 e. The highest BCUT2D eigenvalue weighted by Gasteiger charge is 2.48. The number of thiazole rings is 1. The molecule has 0 saturated carbocycles. The van der Waals surface area contributed by atoms with Crippen molar-refractivity contribution in [2.45, 2.75) is 26.8 Å². The quantitative estimate of drug-likeness (QED) is 0.286. The summed E-state index contributed by atoms with van der Waals surface area (Å²) in [6.07, 6.45) is 0. The van der Waals surface area contributed by atoms with Crippen LogP contribution >= 0.6 is 11.3 Å². The zero-order valence-corrected chi connectivity index (χ0v) is 20.9. The average Bonchev–Trinajstić information content (AvgIpc) is 3.33. The molecule has 1 fully saturated rings. The molecule has 4 rings (SSSR count). The Morgan fingerprint density at radius 2 is 1.74 bits per heavy atom. The van der Waals surface area contributed by atoms with Crippen LogP contribution in [0.25, 0.3) is 5.76 Å². The number of carbonyl (C=O) groups is 2. The molecule has 8 nitrogen and oxygen atoms in total. The first-order valence-electron chi connectivity index (χ1n) is 11.0. The second kappa shape index (κ2) is 9.79. The minimum absolute atomic E-state index is 0.0307. The number of nitrogens with zero attached hydrogens (tertiary/aromatic N) is 2. The number of aryl methyl sites for hydroxylation is 2. The van der Waals surface area contributed by atoms with Crippen molar-refractivity contribution >= 4 is 33.9 Å². The molecular formula is C26H26N2O6S. The fourth-order valence-electron chi connectivity index (χ4n) is 3.96. The van der Waals surface area contributed by atoms with Gasteiger partial charge < -0.3 is 19.3 Å². The van der Waals surface area contributed by atoms with E-state index in [1.165, 1.54) is 30.5 Å². The molecule has 9 heteroatoms. The van der Waals surface area contributed by atoms with E-state index < -0.39 is 17.7 Å². The first-order valence-corrected chi connectivity index (χ1v) is 11.8. The highest BCUT2D eigenvalue weighted by Crippen LogP contribution is 2.45. The number of ketones is 1. The van der Waals surface area contributed by atoms with Gasteiger partial charge in [-0.3, -0.25) is 14.5 Å². The fraction of sp³-hybridized carbons (Fsp3) is 0.269. The summed E-state index contributed by atoms with van der Waals surface area (Å²) in [5.74, 6) is -0.259. The van der Waals surface area contributed by atoms with E-state index in [2.05, 4.69) is 4.98 Å². The van der Waals surface area contributed by atoms with Gasteiger partial charge in [0.15, 0.2) is 16.6 Å². The van der Waals surface area contributed by atoms with Crippen LogP contribution in [0.5, 0.6) is 17.2 Å².